The van der Waals surface area contributed by atoms with Crippen molar-refractivity contribution in [2.24, 2.45) is 0 Å². The zero-order chi connectivity index (χ0) is 2.83. The first-order chi connectivity index (χ1) is 2.00. The van der Waals surface area contributed by atoms with Gasteiger partial charge in [-0.25, -0.2) is 3.63 Å². The van der Waals surface area contributed by atoms with Crippen LogP contribution in [0.15, 0.2) is 0 Å². The SMILES string of the molecule is C1SOS1. The van der Waals surface area contributed by atoms with Crippen molar-refractivity contribution in [3.63, 3.8) is 0 Å². The van der Waals surface area contributed by atoms with Crippen molar-refractivity contribution < 1.29 is 3.63 Å². The fourth-order valence-electron chi connectivity index (χ4n) is 0.0481. The highest BCUT2D eigenvalue weighted by Gasteiger charge is 1.98. The lowest BCUT2D eigenvalue weighted by Gasteiger charge is -2.03. The third-order valence-corrected chi connectivity index (χ3v) is 1.73. The van der Waals surface area contributed by atoms with Crippen LogP contribution in [0.3, 0.4) is 0 Å². The zero-order valence-electron chi connectivity index (χ0n) is 1.93. The van der Waals surface area contributed by atoms with Crippen LogP contribution in [0.2, 0.25) is 0 Å². The summed E-state index contributed by atoms with van der Waals surface area (Å²) in [5, 5.41) is 1.11. The Balaban J connectivity index is 2.00. The van der Waals surface area contributed by atoms with E-state index in [1.54, 1.807) is 0 Å². The molecule has 0 aromatic carbocycles. The molecule has 0 N–H and O–H groups in total. The van der Waals surface area contributed by atoms with E-state index in [1.165, 1.54) is 24.1 Å². The standard InChI is InChI=1S/CH2OS2/c1-3-2-4-1/h1H2. The molecule has 0 aliphatic carbocycles. The highest BCUT2D eigenvalue weighted by molar-refractivity contribution is 8.24. The average Bonchev–Trinajstić information content (AvgIpc) is 0.722. The van der Waals surface area contributed by atoms with Gasteiger partial charge in [-0.1, -0.05) is 0 Å². The molecular formula is CH2OS2. The Kier molecular flexibility index (Phi) is 0.857. The zero-order valence-corrected chi connectivity index (χ0v) is 3.56. The van der Waals surface area contributed by atoms with E-state index >= 15 is 0 Å². The van der Waals surface area contributed by atoms with Gasteiger partial charge in [-0.2, -0.15) is 0 Å². The molecule has 24 valence electrons. The molecule has 1 aliphatic heterocycles. The van der Waals surface area contributed by atoms with E-state index < -0.39 is 0 Å². The van der Waals surface area contributed by atoms with E-state index in [1.807, 2.05) is 0 Å². The summed E-state index contributed by atoms with van der Waals surface area (Å²) in [5.74, 6) is 0. The maximum atomic E-state index is 4.56. The molecule has 1 heterocycles. The normalized spacial score (nSPS) is 24.0. The van der Waals surface area contributed by atoms with Gasteiger partial charge in [0.05, 0.1) is 5.08 Å². The number of hydrogen-bond donors (Lipinski definition) is 0. The Morgan fingerprint density at radius 2 is 1.75 bits per heavy atom. The fourth-order valence-corrected chi connectivity index (χ4v) is 0.433. The van der Waals surface area contributed by atoms with Gasteiger partial charge in [0.2, 0.25) is 0 Å². The lowest BCUT2D eigenvalue weighted by molar-refractivity contribution is 0.744. The Bertz CT molecular complexity index is 14.0. The second kappa shape index (κ2) is 1.19. The quantitative estimate of drug-likeness (QED) is 0.418. The van der Waals surface area contributed by atoms with Gasteiger partial charge in [-0.3, -0.25) is 0 Å². The summed E-state index contributed by atoms with van der Waals surface area (Å²) in [6, 6.07) is 0. The second-order valence-electron chi connectivity index (χ2n) is 0.422. The lowest BCUT2D eigenvalue weighted by atomic mass is 11.9. The predicted molar refractivity (Wildman–Crippen MR) is 21.1 cm³/mol. The summed E-state index contributed by atoms with van der Waals surface area (Å²) in [5.41, 5.74) is 0. The molecule has 4 heavy (non-hydrogen) atoms. The fraction of sp³-hybridized carbons (Fsp3) is 1.00. The third-order valence-electron chi connectivity index (χ3n) is 0.192. The van der Waals surface area contributed by atoms with Crippen LogP contribution in [0.4, 0.5) is 0 Å². The highest BCUT2D eigenvalue weighted by atomic mass is 32.3. The molecule has 0 aromatic heterocycles. The molecule has 1 nitrogen and oxygen atoms in total. The van der Waals surface area contributed by atoms with Crippen molar-refractivity contribution in [3.05, 3.63) is 0 Å². The van der Waals surface area contributed by atoms with Crippen LogP contribution in [0.5, 0.6) is 0 Å². The molecule has 0 unspecified atom stereocenters. The molecule has 0 radical (unpaired) electrons. The predicted octanol–water partition coefficient (Wildman–Crippen LogP) is 1.27. The minimum Gasteiger partial charge on any atom is -0.245 e. The second-order valence-corrected chi connectivity index (χ2v) is 2.38. The lowest BCUT2D eigenvalue weighted by Crippen LogP contribution is -1.78. The first kappa shape index (κ1) is 2.87. The van der Waals surface area contributed by atoms with Crippen LogP contribution >= 0.6 is 24.1 Å². The van der Waals surface area contributed by atoms with E-state index in [-0.39, 0.29) is 0 Å². The van der Waals surface area contributed by atoms with Crippen LogP contribution < -0.4 is 0 Å². The van der Waals surface area contributed by atoms with Crippen molar-refractivity contribution in [2.45, 2.75) is 0 Å². The van der Waals surface area contributed by atoms with Gasteiger partial charge < -0.3 is 0 Å². The Morgan fingerprint density at radius 1 is 1.50 bits per heavy atom. The Hall–Kier alpha value is 0.660. The maximum Gasteiger partial charge on any atom is 0.0944 e. The summed E-state index contributed by atoms with van der Waals surface area (Å²) in [7, 11) is 0. The first-order valence-electron chi connectivity index (χ1n) is 0.911. The molecule has 1 rings (SSSR count). The first-order valence-corrected chi connectivity index (χ1v) is 2.73. The van der Waals surface area contributed by atoms with Crippen molar-refractivity contribution in [1.82, 2.24) is 0 Å². The van der Waals surface area contributed by atoms with Gasteiger partial charge >= 0.3 is 0 Å². The molecule has 3 heteroatoms. The summed E-state index contributed by atoms with van der Waals surface area (Å²) in [6.07, 6.45) is 0. The van der Waals surface area contributed by atoms with Crippen molar-refractivity contribution in [1.29, 1.82) is 0 Å². The van der Waals surface area contributed by atoms with Gasteiger partial charge in [0.15, 0.2) is 0 Å². The molecule has 0 bridgehead atoms. The van der Waals surface area contributed by atoms with E-state index in [9.17, 15) is 0 Å². The van der Waals surface area contributed by atoms with E-state index in [0.29, 0.717) is 0 Å². The minimum atomic E-state index is 1.11. The van der Waals surface area contributed by atoms with Gasteiger partial charge in [0.25, 0.3) is 0 Å². The number of hydrogen-bond acceptors (Lipinski definition) is 3. The summed E-state index contributed by atoms with van der Waals surface area (Å²) in [6.45, 7) is 0. The molecule has 0 spiro atoms. The molecule has 1 saturated heterocycles. The average molecular weight is 94.2 g/mol. The number of rotatable bonds is 0. The van der Waals surface area contributed by atoms with Gasteiger partial charge in [0, 0.05) is 24.1 Å². The van der Waals surface area contributed by atoms with Gasteiger partial charge in [0.1, 0.15) is 0 Å². The molecule has 0 aromatic rings. The molecule has 1 fully saturated rings. The molecule has 0 atom stereocenters. The largest absolute Gasteiger partial charge is 0.245 e. The van der Waals surface area contributed by atoms with E-state index in [2.05, 4.69) is 3.63 Å². The van der Waals surface area contributed by atoms with Gasteiger partial charge in [-0.15, -0.1) is 0 Å². The third kappa shape index (κ3) is 0.338. The van der Waals surface area contributed by atoms with Crippen molar-refractivity contribution >= 4 is 24.1 Å². The molecule has 1 aliphatic rings. The van der Waals surface area contributed by atoms with Crippen LogP contribution in [-0.4, -0.2) is 5.08 Å². The van der Waals surface area contributed by atoms with Crippen LogP contribution in [0.1, 0.15) is 0 Å². The van der Waals surface area contributed by atoms with E-state index in [0.717, 1.165) is 5.08 Å². The maximum absolute atomic E-state index is 4.56. The molecule has 0 amide bonds. The molecule has 0 saturated carbocycles. The smallest absolute Gasteiger partial charge is 0.0944 e. The molecular weight excluding hydrogens is 92.1 g/mol. The van der Waals surface area contributed by atoms with Crippen LogP contribution in [-0.2, 0) is 3.63 Å². The minimum absolute atomic E-state index is 1.11. The Labute approximate surface area is 33.5 Å². The van der Waals surface area contributed by atoms with Crippen molar-refractivity contribution in [3.8, 4) is 0 Å². The topological polar surface area (TPSA) is 9.23 Å². The summed E-state index contributed by atoms with van der Waals surface area (Å²) >= 11 is 3.00. The van der Waals surface area contributed by atoms with Crippen molar-refractivity contribution in [2.75, 3.05) is 5.08 Å². The monoisotopic (exact) mass is 94.0 g/mol. The van der Waals surface area contributed by atoms with Crippen LogP contribution in [0.25, 0.3) is 0 Å². The van der Waals surface area contributed by atoms with E-state index in [4.69, 9.17) is 0 Å². The Morgan fingerprint density at radius 3 is 1.75 bits per heavy atom. The highest BCUT2D eigenvalue weighted by Crippen LogP contribution is 2.30. The van der Waals surface area contributed by atoms with Crippen LogP contribution in [0, 0.1) is 0 Å². The summed E-state index contributed by atoms with van der Waals surface area (Å²) in [4.78, 5) is 0. The summed E-state index contributed by atoms with van der Waals surface area (Å²) < 4.78 is 4.56. The van der Waals surface area contributed by atoms with Gasteiger partial charge in [-0.05, 0) is 0 Å².